The number of likely N-dealkylation sites (tertiary alicyclic amines) is 1. The molecule has 24 heavy (non-hydrogen) atoms. The summed E-state index contributed by atoms with van der Waals surface area (Å²) in [6, 6.07) is 8.00. The molecule has 0 atom stereocenters. The fraction of sp³-hybridized carbons (Fsp3) is 0.474. The van der Waals surface area contributed by atoms with Crippen LogP contribution in [0.2, 0.25) is 0 Å². The van der Waals surface area contributed by atoms with E-state index in [4.69, 9.17) is 4.74 Å². The monoisotopic (exact) mass is 327 g/mol. The number of nitrogens with zero attached hydrogens (tertiary/aromatic N) is 3. The molecule has 0 radical (unpaired) electrons. The van der Waals surface area contributed by atoms with Crippen molar-refractivity contribution in [2.24, 2.45) is 7.05 Å². The van der Waals surface area contributed by atoms with Gasteiger partial charge in [-0.1, -0.05) is 12.1 Å². The third kappa shape index (κ3) is 4.37. The predicted octanol–water partition coefficient (Wildman–Crippen LogP) is 3.26. The highest BCUT2D eigenvalue weighted by Crippen LogP contribution is 2.22. The molecule has 128 valence electrons. The van der Waals surface area contributed by atoms with Crippen LogP contribution in [0.4, 0.5) is 0 Å². The highest BCUT2D eigenvalue weighted by molar-refractivity contribution is 5.76. The lowest BCUT2D eigenvalue weighted by Gasteiger charge is -2.26. The van der Waals surface area contributed by atoms with Gasteiger partial charge in [0, 0.05) is 38.3 Å². The number of benzene rings is 1. The Labute approximate surface area is 143 Å². The van der Waals surface area contributed by atoms with E-state index in [2.05, 4.69) is 5.10 Å². The normalized spacial score (nSPS) is 14.6. The Balaban J connectivity index is 1.41. The summed E-state index contributed by atoms with van der Waals surface area (Å²) in [4.78, 5) is 14.1. The average molecular weight is 327 g/mol. The molecule has 1 amide bonds. The van der Waals surface area contributed by atoms with Crippen LogP contribution in [0.3, 0.4) is 0 Å². The molecule has 2 heterocycles. The summed E-state index contributed by atoms with van der Waals surface area (Å²) in [5.74, 6) is 1.11. The standard InChI is InChI=1S/C19H25N3O2/c1-21-15-17(14-20-21)16-7-9-18(10-8-16)24-13-5-6-19(23)22-11-3-2-4-12-22/h7-10,14-15H,2-6,11-13H2,1H3. The van der Waals surface area contributed by atoms with Crippen molar-refractivity contribution in [1.82, 2.24) is 14.7 Å². The van der Waals surface area contributed by atoms with Gasteiger partial charge < -0.3 is 9.64 Å². The third-order valence-electron chi connectivity index (χ3n) is 4.41. The summed E-state index contributed by atoms with van der Waals surface area (Å²) in [5, 5.41) is 4.18. The molecule has 2 aromatic rings. The number of piperidine rings is 1. The van der Waals surface area contributed by atoms with Gasteiger partial charge in [-0.15, -0.1) is 0 Å². The molecule has 1 aromatic heterocycles. The number of hydrogen-bond acceptors (Lipinski definition) is 3. The first-order valence-electron chi connectivity index (χ1n) is 8.72. The summed E-state index contributed by atoms with van der Waals surface area (Å²) in [6.45, 7) is 2.43. The summed E-state index contributed by atoms with van der Waals surface area (Å²) in [6.07, 6.45) is 8.72. The second-order valence-electron chi connectivity index (χ2n) is 6.32. The molecule has 0 bridgehead atoms. The Morgan fingerprint density at radius 2 is 1.88 bits per heavy atom. The molecule has 1 aliphatic rings. The first-order valence-corrected chi connectivity index (χ1v) is 8.72. The maximum absolute atomic E-state index is 12.1. The van der Waals surface area contributed by atoms with Crippen LogP contribution in [-0.2, 0) is 11.8 Å². The first kappa shape index (κ1) is 16.6. The van der Waals surface area contributed by atoms with E-state index in [1.54, 1.807) is 4.68 Å². The maximum Gasteiger partial charge on any atom is 0.222 e. The van der Waals surface area contributed by atoms with Gasteiger partial charge in [-0.2, -0.15) is 5.10 Å². The Bertz CT molecular complexity index is 658. The second kappa shape index (κ2) is 7.99. The lowest BCUT2D eigenvalue weighted by atomic mass is 10.1. The summed E-state index contributed by atoms with van der Waals surface area (Å²) in [7, 11) is 1.91. The van der Waals surface area contributed by atoms with Crippen molar-refractivity contribution in [3.8, 4) is 16.9 Å². The smallest absolute Gasteiger partial charge is 0.222 e. The Morgan fingerprint density at radius 1 is 1.12 bits per heavy atom. The van der Waals surface area contributed by atoms with Gasteiger partial charge in [0.2, 0.25) is 5.91 Å². The van der Waals surface area contributed by atoms with Crippen molar-refractivity contribution < 1.29 is 9.53 Å². The zero-order valence-electron chi connectivity index (χ0n) is 14.3. The van der Waals surface area contributed by atoms with Crippen molar-refractivity contribution in [1.29, 1.82) is 0 Å². The molecule has 1 aromatic carbocycles. The number of aromatic nitrogens is 2. The molecule has 5 nitrogen and oxygen atoms in total. The zero-order valence-corrected chi connectivity index (χ0v) is 14.3. The van der Waals surface area contributed by atoms with Crippen LogP contribution in [0.15, 0.2) is 36.7 Å². The molecule has 0 N–H and O–H groups in total. The maximum atomic E-state index is 12.1. The minimum atomic E-state index is 0.269. The Hall–Kier alpha value is -2.30. The lowest BCUT2D eigenvalue weighted by Crippen LogP contribution is -2.35. The molecule has 5 heteroatoms. The van der Waals surface area contributed by atoms with E-state index in [1.165, 1.54) is 6.42 Å². The van der Waals surface area contributed by atoms with Gasteiger partial charge in [-0.25, -0.2) is 0 Å². The predicted molar refractivity (Wildman–Crippen MR) is 93.8 cm³/mol. The number of hydrogen-bond donors (Lipinski definition) is 0. The van der Waals surface area contributed by atoms with Gasteiger partial charge in [0.15, 0.2) is 0 Å². The number of carbonyl (C=O) groups is 1. The van der Waals surface area contributed by atoms with Crippen LogP contribution >= 0.6 is 0 Å². The van der Waals surface area contributed by atoms with Crippen LogP contribution < -0.4 is 4.74 Å². The number of amides is 1. The topological polar surface area (TPSA) is 47.4 Å². The van der Waals surface area contributed by atoms with Crippen LogP contribution in [0.5, 0.6) is 5.75 Å². The van der Waals surface area contributed by atoms with Crippen LogP contribution in [0.1, 0.15) is 32.1 Å². The van der Waals surface area contributed by atoms with E-state index in [1.807, 2.05) is 48.6 Å². The minimum absolute atomic E-state index is 0.269. The summed E-state index contributed by atoms with van der Waals surface area (Å²) in [5.41, 5.74) is 2.21. The van der Waals surface area contributed by atoms with Crippen molar-refractivity contribution in [2.45, 2.75) is 32.1 Å². The van der Waals surface area contributed by atoms with Gasteiger partial charge in [-0.05, 0) is 43.4 Å². The van der Waals surface area contributed by atoms with E-state index in [-0.39, 0.29) is 5.91 Å². The lowest BCUT2D eigenvalue weighted by molar-refractivity contribution is -0.132. The molecule has 1 fully saturated rings. The second-order valence-corrected chi connectivity index (χ2v) is 6.32. The zero-order chi connectivity index (χ0) is 16.8. The molecular formula is C19H25N3O2. The summed E-state index contributed by atoms with van der Waals surface area (Å²) >= 11 is 0. The van der Waals surface area contributed by atoms with Crippen LogP contribution in [0.25, 0.3) is 11.1 Å². The van der Waals surface area contributed by atoms with Gasteiger partial charge in [-0.3, -0.25) is 9.48 Å². The van der Waals surface area contributed by atoms with E-state index in [9.17, 15) is 4.79 Å². The largest absolute Gasteiger partial charge is 0.494 e. The molecule has 3 rings (SSSR count). The number of rotatable bonds is 6. The van der Waals surface area contributed by atoms with Crippen molar-refractivity contribution in [2.75, 3.05) is 19.7 Å². The first-order chi connectivity index (χ1) is 11.7. The summed E-state index contributed by atoms with van der Waals surface area (Å²) < 4.78 is 7.54. The molecule has 0 unspecified atom stereocenters. The number of aryl methyl sites for hydroxylation is 1. The van der Waals surface area contributed by atoms with Crippen LogP contribution in [-0.4, -0.2) is 40.3 Å². The molecule has 1 saturated heterocycles. The quantitative estimate of drug-likeness (QED) is 0.765. The van der Waals surface area contributed by atoms with E-state index in [0.29, 0.717) is 13.0 Å². The van der Waals surface area contributed by atoms with Crippen LogP contribution in [0, 0.1) is 0 Å². The van der Waals surface area contributed by atoms with Gasteiger partial charge in [0.25, 0.3) is 0 Å². The fourth-order valence-electron chi connectivity index (χ4n) is 3.03. The van der Waals surface area contributed by atoms with Crippen molar-refractivity contribution in [3.63, 3.8) is 0 Å². The SMILES string of the molecule is Cn1cc(-c2ccc(OCCCC(=O)N3CCCCC3)cc2)cn1. The van der Waals surface area contributed by atoms with E-state index < -0.39 is 0 Å². The van der Waals surface area contributed by atoms with Gasteiger partial charge >= 0.3 is 0 Å². The molecule has 1 aliphatic heterocycles. The Morgan fingerprint density at radius 3 is 2.54 bits per heavy atom. The van der Waals surface area contributed by atoms with Gasteiger partial charge in [0.1, 0.15) is 5.75 Å². The van der Waals surface area contributed by atoms with E-state index >= 15 is 0 Å². The van der Waals surface area contributed by atoms with Crippen molar-refractivity contribution >= 4 is 5.91 Å². The highest BCUT2D eigenvalue weighted by Gasteiger charge is 2.15. The van der Waals surface area contributed by atoms with Gasteiger partial charge in [0.05, 0.1) is 12.8 Å². The molecule has 0 aliphatic carbocycles. The highest BCUT2D eigenvalue weighted by atomic mass is 16.5. The Kier molecular flexibility index (Phi) is 5.51. The number of ether oxygens (including phenoxy) is 1. The average Bonchev–Trinajstić information content (AvgIpc) is 3.06. The third-order valence-corrected chi connectivity index (χ3v) is 4.41. The molecular weight excluding hydrogens is 302 g/mol. The molecule has 0 saturated carbocycles. The van der Waals surface area contributed by atoms with E-state index in [0.717, 1.165) is 49.2 Å². The molecule has 0 spiro atoms. The van der Waals surface area contributed by atoms with Crippen molar-refractivity contribution in [3.05, 3.63) is 36.7 Å². The number of carbonyl (C=O) groups excluding carboxylic acids is 1. The minimum Gasteiger partial charge on any atom is -0.494 e. The fourth-order valence-corrected chi connectivity index (χ4v) is 3.03.